The van der Waals surface area contributed by atoms with Crippen LogP contribution in [0.25, 0.3) is 0 Å². The predicted octanol–water partition coefficient (Wildman–Crippen LogP) is 0.774. The van der Waals surface area contributed by atoms with Gasteiger partial charge in [0.25, 0.3) is 11.2 Å². The lowest BCUT2D eigenvalue weighted by Gasteiger charge is -2.17. The van der Waals surface area contributed by atoms with Gasteiger partial charge in [0.05, 0.1) is 4.92 Å². The number of aryl methyl sites for hydroxylation is 1. The zero-order valence-corrected chi connectivity index (χ0v) is 12.5. The number of nitrogens with zero attached hydrogens (tertiary/aromatic N) is 5. The quantitative estimate of drug-likeness (QED) is 0.656. The molecule has 1 atom stereocenters. The van der Waals surface area contributed by atoms with Gasteiger partial charge in [0.2, 0.25) is 0 Å². The van der Waals surface area contributed by atoms with Gasteiger partial charge in [-0.05, 0) is 12.5 Å². The number of pyridine rings is 1. The third-order valence-electron chi connectivity index (χ3n) is 3.80. The minimum absolute atomic E-state index is 0.0411. The number of hydrogen-bond donors (Lipinski definition) is 1. The standard InChI is InChI=1S/C14H16N6O3/c1-18-7-5-15-13(14(18)21)19-6-4-10(9-19)17-12-3-2-11(8-16-12)20(22)23/h2-3,5,7-8,10H,4,6,9H2,1H3,(H,16,17)/t10-/m1/s1. The molecule has 0 saturated carbocycles. The smallest absolute Gasteiger partial charge is 0.293 e. The first kappa shape index (κ1) is 14.9. The van der Waals surface area contributed by atoms with Crippen LogP contribution in [-0.2, 0) is 7.05 Å². The average Bonchev–Trinajstić information content (AvgIpc) is 2.99. The highest BCUT2D eigenvalue weighted by Gasteiger charge is 2.25. The van der Waals surface area contributed by atoms with Gasteiger partial charge in [0.1, 0.15) is 12.0 Å². The minimum Gasteiger partial charge on any atom is -0.365 e. The highest BCUT2D eigenvalue weighted by molar-refractivity contribution is 5.44. The van der Waals surface area contributed by atoms with Crippen LogP contribution in [0.1, 0.15) is 6.42 Å². The fourth-order valence-corrected chi connectivity index (χ4v) is 2.56. The van der Waals surface area contributed by atoms with Crippen molar-refractivity contribution >= 4 is 17.3 Å². The Bertz CT molecular complexity index is 773. The van der Waals surface area contributed by atoms with Crippen LogP contribution in [0.3, 0.4) is 0 Å². The summed E-state index contributed by atoms with van der Waals surface area (Å²) in [4.78, 5) is 32.4. The molecule has 1 aliphatic rings. The fourth-order valence-electron chi connectivity index (χ4n) is 2.56. The monoisotopic (exact) mass is 316 g/mol. The minimum atomic E-state index is -0.481. The van der Waals surface area contributed by atoms with Gasteiger partial charge in [-0.2, -0.15) is 0 Å². The summed E-state index contributed by atoms with van der Waals surface area (Å²) in [7, 11) is 1.69. The van der Waals surface area contributed by atoms with Crippen molar-refractivity contribution in [2.24, 2.45) is 7.05 Å². The van der Waals surface area contributed by atoms with Crippen molar-refractivity contribution in [3.8, 4) is 0 Å². The van der Waals surface area contributed by atoms with Crippen molar-refractivity contribution in [2.75, 3.05) is 23.3 Å². The van der Waals surface area contributed by atoms with E-state index in [1.807, 2.05) is 4.90 Å². The molecule has 0 spiro atoms. The zero-order valence-electron chi connectivity index (χ0n) is 12.5. The second kappa shape index (κ2) is 6.03. The molecule has 1 N–H and O–H groups in total. The molecule has 23 heavy (non-hydrogen) atoms. The highest BCUT2D eigenvalue weighted by atomic mass is 16.6. The number of aromatic nitrogens is 3. The Morgan fingerprint density at radius 2 is 2.22 bits per heavy atom. The van der Waals surface area contributed by atoms with Gasteiger partial charge in [-0.1, -0.05) is 0 Å². The largest absolute Gasteiger partial charge is 0.365 e. The van der Waals surface area contributed by atoms with Crippen molar-refractivity contribution in [2.45, 2.75) is 12.5 Å². The van der Waals surface area contributed by atoms with E-state index in [4.69, 9.17) is 0 Å². The van der Waals surface area contributed by atoms with Crippen LogP contribution in [-0.4, -0.2) is 38.6 Å². The van der Waals surface area contributed by atoms with Crippen LogP contribution in [0.4, 0.5) is 17.3 Å². The second-order valence-electron chi connectivity index (χ2n) is 5.40. The second-order valence-corrected chi connectivity index (χ2v) is 5.40. The molecule has 0 bridgehead atoms. The normalized spacial score (nSPS) is 17.3. The number of hydrogen-bond acceptors (Lipinski definition) is 7. The Morgan fingerprint density at radius 1 is 1.39 bits per heavy atom. The summed E-state index contributed by atoms with van der Waals surface area (Å²) >= 11 is 0. The van der Waals surface area contributed by atoms with Crippen LogP contribution >= 0.6 is 0 Å². The average molecular weight is 316 g/mol. The summed E-state index contributed by atoms with van der Waals surface area (Å²) in [6, 6.07) is 3.10. The van der Waals surface area contributed by atoms with Crippen LogP contribution in [0.15, 0.2) is 35.5 Å². The molecule has 0 amide bonds. The number of nitrogens with one attached hydrogen (secondary N) is 1. The van der Waals surface area contributed by atoms with E-state index in [1.165, 1.54) is 16.8 Å². The summed E-state index contributed by atoms with van der Waals surface area (Å²) in [5.41, 5.74) is -0.165. The molecule has 120 valence electrons. The number of nitro groups is 1. The topological polar surface area (TPSA) is 106 Å². The third kappa shape index (κ3) is 3.12. The van der Waals surface area contributed by atoms with Crippen molar-refractivity contribution in [1.29, 1.82) is 0 Å². The van der Waals surface area contributed by atoms with Gasteiger partial charge in [0.15, 0.2) is 5.82 Å². The van der Waals surface area contributed by atoms with Crippen molar-refractivity contribution in [1.82, 2.24) is 14.5 Å². The number of anilines is 2. The summed E-state index contributed by atoms with van der Waals surface area (Å²) in [5.74, 6) is 1.02. The molecule has 3 heterocycles. The van der Waals surface area contributed by atoms with Crippen molar-refractivity contribution in [3.63, 3.8) is 0 Å². The molecule has 0 aromatic carbocycles. The first-order valence-corrected chi connectivity index (χ1v) is 7.18. The first-order chi connectivity index (χ1) is 11.0. The van der Waals surface area contributed by atoms with E-state index < -0.39 is 4.92 Å². The van der Waals surface area contributed by atoms with E-state index in [1.54, 1.807) is 25.5 Å². The van der Waals surface area contributed by atoms with Gasteiger partial charge in [0, 0.05) is 44.6 Å². The van der Waals surface area contributed by atoms with Gasteiger partial charge in [-0.25, -0.2) is 9.97 Å². The van der Waals surface area contributed by atoms with E-state index in [0.717, 1.165) is 13.0 Å². The van der Waals surface area contributed by atoms with Gasteiger partial charge < -0.3 is 14.8 Å². The Balaban J connectivity index is 1.67. The molecule has 1 saturated heterocycles. The molecular weight excluding hydrogens is 300 g/mol. The predicted molar refractivity (Wildman–Crippen MR) is 84.6 cm³/mol. The molecule has 0 radical (unpaired) electrons. The van der Waals surface area contributed by atoms with E-state index in [0.29, 0.717) is 18.2 Å². The highest BCUT2D eigenvalue weighted by Crippen LogP contribution is 2.19. The number of rotatable bonds is 4. The lowest BCUT2D eigenvalue weighted by molar-refractivity contribution is -0.385. The van der Waals surface area contributed by atoms with E-state index >= 15 is 0 Å². The van der Waals surface area contributed by atoms with Gasteiger partial charge >= 0.3 is 0 Å². The zero-order chi connectivity index (χ0) is 16.4. The maximum absolute atomic E-state index is 12.1. The van der Waals surface area contributed by atoms with Crippen LogP contribution in [0, 0.1) is 10.1 Å². The maximum Gasteiger partial charge on any atom is 0.293 e. The third-order valence-corrected chi connectivity index (χ3v) is 3.80. The van der Waals surface area contributed by atoms with Crippen LogP contribution in [0.5, 0.6) is 0 Å². The fraction of sp³-hybridized carbons (Fsp3) is 0.357. The molecule has 2 aromatic rings. The molecule has 3 rings (SSSR count). The Hall–Kier alpha value is -2.97. The summed E-state index contributed by atoms with van der Waals surface area (Å²) in [5, 5.41) is 13.8. The maximum atomic E-state index is 12.1. The molecule has 0 unspecified atom stereocenters. The summed E-state index contributed by atoms with van der Waals surface area (Å²) < 4.78 is 1.50. The Kier molecular flexibility index (Phi) is 3.92. The molecule has 2 aromatic heterocycles. The molecule has 9 nitrogen and oxygen atoms in total. The lowest BCUT2D eigenvalue weighted by Crippen LogP contribution is -2.32. The molecule has 9 heteroatoms. The molecule has 1 fully saturated rings. The van der Waals surface area contributed by atoms with Gasteiger partial charge in [-0.3, -0.25) is 14.9 Å². The lowest BCUT2D eigenvalue weighted by atomic mass is 10.2. The van der Waals surface area contributed by atoms with Gasteiger partial charge in [-0.15, -0.1) is 0 Å². The SMILES string of the molecule is Cn1ccnc(N2CC[C@@H](Nc3ccc([N+](=O)[O-])cn3)C2)c1=O. The molecule has 0 aliphatic carbocycles. The van der Waals surface area contributed by atoms with Crippen LogP contribution < -0.4 is 15.8 Å². The van der Waals surface area contributed by atoms with Crippen molar-refractivity contribution in [3.05, 3.63) is 51.2 Å². The molecular formula is C14H16N6O3. The van der Waals surface area contributed by atoms with Crippen molar-refractivity contribution < 1.29 is 4.92 Å². The van der Waals surface area contributed by atoms with E-state index in [-0.39, 0.29) is 17.3 Å². The van der Waals surface area contributed by atoms with E-state index in [9.17, 15) is 14.9 Å². The summed E-state index contributed by atoms with van der Waals surface area (Å²) in [6.45, 7) is 1.35. The Morgan fingerprint density at radius 3 is 2.91 bits per heavy atom. The molecule has 1 aliphatic heterocycles. The summed E-state index contributed by atoms with van der Waals surface area (Å²) in [6.07, 6.45) is 5.29. The first-order valence-electron chi connectivity index (χ1n) is 7.18. The van der Waals surface area contributed by atoms with Crippen LogP contribution in [0.2, 0.25) is 0 Å². The Labute approximate surface area is 131 Å². The van der Waals surface area contributed by atoms with E-state index in [2.05, 4.69) is 15.3 Å².